The van der Waals surface area contributed by atoms with Gasteiger partial charge in [0.25, 0.3) is 5.69 Å². The van der Waals surface area contributed by atoms with Gasteiger partial charge in [-0.05, 0) is 19.1 Å². The molecular formula is C13H12N4O3. The predicted octanol–water partition coefficient (Wildman–Crippen LogP) is 2.37. The van der Waals surface area contributed by atoms with Crippen LogP contribution in [0.25, 0.3) is 0 Å². The van der Waals surface area contributed by atoms with E-state index in [-0.39, 0.29) is 17.4 Å². The van der Waals surface area contributed by atoms with Crippen LogP contribution in [0, 0.1) is 22.4 Å². The molecule has 1 aromatic heterocycles. The van der Waals surface area contributed by atoms with Gasteiger partial charge in [0, 0.05) is 23.4 Å². The molecule has 0 spiro atoms. The number of nitro benzene ring substituents is 1. The lowest BCUT2D eigenvalue weighted by atomic mass is 10.2. The highest BCUT2D eigenvalue weighted by Gasteiger charge is 2.09. The van der Waals surface area contributed by atoms with E-state index in [4.69, 9.17) is 15.9 Å². The molecule has 0 unspecified atom stereocenters. The maximum absolute atomic E-state index is 10.7. The van der Waals surface area contributed by atoms with Crippen LogP contribution in [0.15, 0.2) is 36.4 Å². The number of nitrogens with one attached hydrogen (secondary N) is 1. The van der Waals surface area contributed by atoms with Crippen LogP contribution in [-0.2, 0) is 0 Å². The summed E-state index contributed by atoms with van der Waals surface area (Å²) in [6, 6.07) is 8.95. The van der Waals surface area contributed by atoms with Crippen LogP contribution < -0.4 is 10.5 Å². The van der Waals surface area contributed by atoms with Crippen molar-refractivity contribution in [3.05, 3.63) is 57.8 Å². The molecule has 0 radical (unpaired) electrons. The first-order valence-corrected chi connectivity index (χ1v) is 5.71. The van der Waals surface area contributed by atoms with E-state index in [1.54, 1.807) is 19.1 Å². The standard InChI is InChI=1S/C13H12N4O3/c1-8-5-9(13(14)15)6-12(16-8)20-11-4-2-3-10(7-11)17(18)19/h2-7H,1H3,(H3,14,15). The lowest BCUT2D eigenvalue weighted by Crippen LogP contribution is -2.11. The van der Waals surface area contributed by atoms with E-state index < -0.39 is 4.92 Å². The zero-order valence-corrected chi connectivity index (χ0v) is 10.7. The summed E-state index contributed by atoms with van der Waals surface area (Å²) in [5.41, 5.74) is 6.47. The largest absolute Gasteiger partial charge is 0.439 e. The summed E-state index contributed by atoms with van der Waals surface area (Å²) in [6.45, 7) is 1.74. The van der Waals surface area contributed by atoms with Gasteiger partial charge in [-0.25, -0.2) is 4.98 Å². The van der Waals surface area contributed by atoms with E-state index in [2.05, 4.69) is 4.98 Å². The van der Waals surface area contributed by atoms with Gasteiger partial charge < -0.3 is 10.5 Å². The Morgan fingerprint density at radius 3 is 2.80 bits per heavy atom. The summed E-state index contributed by atoms with van der Waals surface area (Å²) in [4.78, 5) is 14.3. The number of rotatable bonds is 4. The summed E-state index contributed by atoms with van der Waals surface area (Å²) >= 11 is 0. The average molecular weight is 272 g/mol. The van der Waals surface area contributed by atoms with Crippen LogP contribution in [0.2, 0.25) is 0 Å². The summed E-state index contributed by atoms with van der Waals surface area (Å²) in [5.74, 6) is 0.432. The fourth-order valence-electron chi connectivity index (χ4n) is 1.63. The number of benzene rings is 1. The molecule has 0 atom stereocenters. The second-order valence-electron chi connectivity index (χ2n) is 4.11. The van der Waals surface area contributed by atoms with Crippen molar-refractivity contribution >= 4 is 11.5 Å². The molecule has 7 nitrogen and oxygen atoms in total. The zero-order valence-electron chi connectivity index (χ0n) is 10.7. The molecule has 0 aliphatic rings. The van der Waals surface area contributed by atoms with E-state index >= 15 is 0 Å². The molecule has 0 saturated heterocycles. The molecule has 0 bridgehead atoms. The van der Waals surface area contributed by atoms with Crippen molar-refractivity contribution in [1.82, 2.24) is 4.98 Å². The zero-order chi connectivity index (χ0) is 14.7. The Labute approximate surface area is 114 Å². The van der Waals surface area contributed by atoms with Gasteiger partial charge in [-0.1, -0.05) is 6.07 Å². The van der Waals surface area contributed by atoms with E-state index in [1.807, 2.05) is 0 Å². The molecule has 7 heteroatoms. The number of aromatic nitrogens is 1. The van der Waals surface area contributed by atoms with Crippen LogP contribution in [0.1, 0.15) is 11.3 Å². The van der Waals surface area contributed by atoms with Crippen LogP contribution in [-0.4, -0.2) is 15.7 Å². The van der Waals surface area contributed by atoms with E-state index in [0.717, 1.165) is 0 Å². The molecule has 2 rings (SSSR count). The van der Waals surface area contributed by atoms with Gasteiger partial charge in [-0.15, -0.1) is 0 Å². The molecule has 0 aliphatic heterocycles. The molecule has 1 aromatic carbocycles. The van der Waals surface area contributed by atoms with Gasteiger partial charge in [0.1, 0.15) is 11.6 Å². The highest BCUT2D eigenvalue weighted by atomic mass is 16.6. The van der Waals surface area contributed by atoms with Gasteiger partial charge in [-0.3, -0.25) is 15.5 Å². The summed E-state index contributed by atoms with van der Waals surface area (Å²) in [5, 5.41) is 18.1. The van der Waals surface area contributed by atoms with E-state index in [0.29, 0.717) is 17.0 Å². The minimum absolute atomic E-state index is 0.0676. The third kappa shape index (κ3) is 3.08. The molecule has 3 N–H and O–H groups in total. The summed E-state index contributed by atoms with van der Waals surface area (Å²) in [6.07, 6.45) is 0. The Hall–Kier alpha value is -2.96. The number of pyridine rings is 1. The molecule has 20 heavy (non-hydrogen) atoms. The molecule has 102 valence electrons. The lowest BCUT2D eigenvalue weighted by Gasteiger charge is -2.07. The molecular weight excluding hydrogens is 260 g/mol. The van der Waals surface area contributed by atoms with Crippen LogP contribution in [0.5, 0.6) is 11.6 Å². The SMILES string of the molecule is Cc1cc(C(=N)N)cc(Oc2cccc([N+](=O)[O-])c2)n1. The third-order valence-corrected chi connectivity index (χ3v) is 2.49. The highest BCUT2D eigenvalue weighted by Crippen LogP contribution is 2.24. The van der Waals surface area contributed by atoms with Crippen molar-refractivity contribution in [2.45, 2.75) is 6.92 Å². The number of nitrogens with zero attached hydrogens (tertiary/aromatic N) is 2. The number of nitrogen functional groups attached to an aromatic ring is 1. The number of amidine groups is 1. The third-order valence-electron chi connectivity index (χ3n) is 2.49. The number of aryl methyl sites for hydroxylation is 1. The minimum atomic E-state index is -0.502. The van der Waals surface area contributed by atoms with Crippen molar-refractivity contribution in [1.29, 1.82) is 5.41 Å². The Morgan fingerprint density at radius 2 is 2.15 bits per heavy atom. The molecule has 0 amide bonds. The number of ether oxygens (including phenoxy) is 1. The number of hydrogen-bond acceptors (Lipinski definition) is 5. The predicted molar refractivity (Wildman–Crippen MR) is 73.2 cm³/mol. The molecule has 2 aromatic rings. The van der Waals surface area contributed by atoms with Gasteiger partial charge in [-0.2, -0.15) is 0 Å². The minimum Gasteiger partial charge on any atom is -0.439 e. The maximum Gasteiger partial charge on any atom is 0.273 e. The van der Waals surface area contributed by atoms with Gasteiger partial charge >= 0.3 is 0 Å². The Balaban J connectivity index is 2.32. The lowest BCUT2D eigenvalue weighted by molar-refractivity contribution is -0.384. The van der Waals surface area contributed by atoms with E-state index in [9.17, 15) is 10.1 Å². The van der Waals surface area contributed by atoms with Crippen LogP contribution >= 0.6 is 0 Å². The number of nitro groups is 1. The van der Waals surface area contributed by atoms with Crippen molar-refractivity contribution in [2.75, 3.05) is 0 Å². The Kier molecular flexibility index (Phi) is 3.60. The monoisotopic (exact) mass is 272 g/mol. The van der Waals surface area contributed by atoms with Crippen molar-refractivity contribution < 1.29 is 9.66 Å². The first-order valence-electron chi connectivity index (χ1n) is 5.71. The Morgan fingerprint density at radius 1 is 1.40 bits per heavy atom. The number of non-ortho nitro benzene ring substituents is 1. The van der Waals surface area contributed by atoms with E-state index in [1.165, 1.54) is 24.3 Å². The second-order valence-corrected chi connectivity index (χ2v) is 4.11. The van der Waals surface area contributed by atoms with Gasteiger partial charge in [0.05, 0.1) is 11.0 Å². The fourth-order valence-corrected chi connectivity index (χ4v) is 1.63. The smallest absolute Gasteiger partial charge is 0.273 e. The topological polar surface area (TPSA) is 115 Å². The molecule has 0 fully saturated rings. The molecule has 1 heterocycles. The molecule has 0 aliphatic carbocycles. The quantitative estimate of drug-likeness (QED) is 0.383. The Bertz CT molecular complexity index is 685. The second kappa shape index (κ2) is 5.35. The van der Waals surface area contributed by atoms with Crippen molar-refractivity contribution in [3.8, 4) is 11.6 Å². The van der Waals surface area contributed by atoms with Crippen LogP contribution in [0.4, 0.5) is 5.69 Å². The average Bonchev–Trinajstić information content (AvgIpc) is 2.38. The van der Waals surface area contributed by atoms with Gasteiger partial charge in [0.15, 0.2) is 0 Å². The molecule has 0 saturated carbocycles. The summed E-state index contributed by atoms with van der Waals surface area (Å²) in [7, 11) is 0. The first kappa shape index (κ1) is 13.5. The van der Waals surface area contributed by atoms with Crippen molar-refractivity contribution in [2.24, 2.45) is 5.73 Å². The highest BCUT2D eigenvalue weighted by molar-refractivity contribution is 5.95. The maximum atomic E-state index is 10.7. The van der Waals surface area contributed by atoms with Gasteiger partial charge in [0.2, 0.25) is 5.88 Å². The normalized spacial score (nSPS) is 10.1. The first-order chi connectivity index (χ1) is 9.45. The number of hydrogen-bond donors (Lipinski definition) is 2. The van der Waals surface area contributed by atoms with Crippen LogP contribution in [0.3, 0.4) is 0 Å². The summed E-state index contributed by atoms with van der Waals surface area (Å²) < 4.78 is 5.47. The fraction of sp³-hybridized carbons (Fsp3) is 0.0769. The number of nitrogens with two attached hydrogens (primary N) is 1. The van der Waals surface area contributed by atoms with Crippen molar-refractivity contribution in [3.63, 3.8) is 0 Å².